The Morgan fingerprint density at radius 1 is 1.38 bits per heavy atom. The standard InChI is InChI=1S/C13H24N2S/c1-9(2)12-8-16-13(15-12)14-11-6-4-5-10(3)7-11/h9-12H,4-8H2,1-3H3,(H,14,15)/t10?,11?,12-/m1/s1. The van der Waals surface area contributed by atoms with Gasteiger partial charge in [-0.15, -0.1) is 0 Å². The van der Waals surface area contributed by atoms with Crippen LogP contribution in [-0.4, -0.2) is 23.0 Å². The Labute approximate surface area is 104 Å². The Bertz CT molecular complexity index is 263. The minimum atomic E-state index is 0.536. The van der Waals surface area contributed by atoms with Crippen LogP contribution in [0, 0.1) is 11.8 Å². The predicted octanol–water partition coefficient (Wildman–Crippen LogP) is 3.28. The minimum absolute atomic E-state index is 0.536. The molecule has 0 bridgehead atoms. The quantitative estimate of drug-likeness (QED) is 0.801. The molecule has 2 unspecified atom stereocenters. The topological polar surface area (TPSA) is 24.4 Å². The first kappa shape index (κ1) is 12.3. The van der Waals surface area contributed by atoms with Gasteiger partial charge in [0.05, 0.1) is 6.04 Å². The lowest BCUT2D eigenvalue weighted by atomic mass is 9.87. The third-order valence-electron chi connectivity index (χ3n) is 3.71. The third kappa shape index (κ3) is 3.16. The summed E-state index contributed by atoms with van der Waals surface area (Å²) >= 11 is 1.91. The van der Waals surface area contributed by atoms with Gasteiger partial charge < -0.3 is 5.32 Å². The van der Waals surface area contributed by atoms with Crippen molar-refractivity contribution >= 4 is 16.9 Å². The molecule has 1 heterocycles. The van der Waals surface area contributed by atoms with Crippen LogP contribution >= 0.6 is 11.8 Å². The molecule has 0 aromatic heterocycles. The highest BCUT2D eigenvalue weighted by atomic mass is 32.2. The lowest BCUT2D eigenvalue weighted by Gasteiger charge is -2.27. The number of amidine groups is 1. The lowest BCUT2D eigenvalue weighted by molar-refractivity contribution is 0.327. The van der Waals surface area contributed by atoms with Gasteiger partial charge in [-0.3, -0.25) is 4.99 Å². The van der Waals surface area contributed by atoms with Crippen LogP contribution in [0.3, 0.4) is 0 Å². The number of nitrogens with one attached hydrogen (secondary N) is 1. The van der Waals surface area contributed by atoms with Crippen LogP contribution in [-0.2, 0) is 0 Å². The SMILES string of the molecule is CC1CCCC(NC2=N[C@@H](C(C)C)CS2)C1. The van der Waals surface area contributed by atoms with Gasteiger partial charge in [-0.1, -0.05) is 45.4 Å². The molecule has 0 radical (unpaired) electrons. The Hall–Kier alpha value is -0.180. The van der Waals surface area contributed by atoms with Gasteiger partial charge in [0.1, 0.15) is 0 Å². The molecular formula is C13H24N2S. The van der Waals surface area contributed by atoms with E-state index in [0.29, 0.717) is 18.0 Å². The highest BCUT2D eigenvalue weighted by Gasteiger charge is 2.24. The van der Waals surface area contributed by atoms with Crippen molar-refractivity contribution in [3.8, 4) is 0 Å². The van der Waals surface area contributed by atoms with Crippen LogP contribution in [0.5, 0.6) is 0 Å². The summed E-state index contributed by atoms with van der Waals surface area (Å²) in [5.41, 5.74) is 0. The maximum atomic E-state index is 4.78. The van der Waals surface area contributed by atoms with E-state index in [-0.39, 0.29) is 0 Å². The maximum Gasteiger partial charge on any atom is 0.157 e. The molecule has 2 rings (SSSR count). The molecule has 3 heteroatoms. The highest BCUT2D eigenvalue weighted by molar-refractivity contribution is 8.14. The largest absolute Gasteiger partial charge is 0.362 e. The molecule has 0 saturated heterocycles. The minimum Gasteiger partial charge on any atom is -0.362 e. The molecule has 92 valence electrons. The van der Waals surface area contributed by atoms with Crippen molar-refractivity contribution in [3.05, 3.63) is 0 Å². The van der Waals surface area contributed by atoms with E-state index >= 15 is 0 Å². The first-order valence-electron chi connectivity index (χ1n) is 6.62. The second-order valence-corrected chi connectivity index (χ2v) is 6.68. The van der Waals surface area contributed by atoms with E-state index in [4.69, 9.17) is 4.99 Å². The van der Waals surface area contributed by atoms with E-state index in [1.165, 1.54) is 36.6 Å². The summed E-state index contributed by atoms with van der Waals surface area (Å²) in [5.74, 6) is 2.73. The van der Waals surface area contributed by atoms with Crippen molar-refractivity contribution in [2.45, 2.75) is 58.5 Å². The maximum absolute atomic E-state index is 4.78. The third-order valence-corrected chi connectivity index (χ3v) is 4.71. The molecule has 0 amide bonds. The molecular weight excluding hydrogens is 216 g/mol. The lowest BCUT2D eigenvalue weighted by Crippen LogP contribution is -2.36. The van der Waals surface area contributed by atoms with Gasteiger partial charge in [0, 0.05) is 11.8 Å². The molecule has 0 aromatic rings. The van der Waals surface area contributed by atoms with Gasteiger partial charge in [-0.05, 0) is 24.7 Å². The molecule has 2 aliphatic rings. The fourth-order valence-electron chi connectivity index (χ4n) is 2.55. The monoisotopic (exact) mass is 240 g/mol. The fraction of sp³-hybridized carbons (Fsp3) is 0.923. The van der Waals surface area contributed by atoms with Crippen LogP contribution in [0.25, 0.3) is 0 Å². The zero-order valence-electron chi connectivity index (χ0n) is 10.7. The van der Waals surface area contributed by atoms with E-state index in [1.807, 2.05) is 11.8 Å². The van der Waals surface area contributed by atoms with Crippen molar-refractivity contribution in [2.75, 3.05) is 5.75 Å². The summed E-state index contributed by atoms with van der Waals surface area (Å²) in [7, 11) is 0. The van der Waals surface area contributed by atoms with Gasteiger partial charge in [-0.2, -0.15) is 0 Å². The Morgan fingerprint density at radius 3 is 2.81 bits per heavy atom. The molecule has 1 saturated carbocycles. The molecule has 1 aliphatic carbocycles. The summed E-state index contributed by atoms with van der Waals surface area (Å²) in [6.45, 7) is 6.90. The zero-order chi connectivity index (χ0) is 11.5. The molecule has 1 N–H and O–H groups in total. The van der Waals surface area contributed by atoms with Gasteiger partial charge in [-0.25, -0.2) is 0 Å². The molecule has 16 heavy (non-hydrogen) atoms. The molecule has 1 aliphatic heterocycles. The van der Waals surface area contributed by atoms with Gasteiger partial charge >= 0.3 is 0 Å². The molecule has 0 aromatic carbocycles. The second-order valence-electron chi connectivity index (χ2n) is 5.67. The number of thioether (sulfide) groups is 1. The normalized spacial score (nSPS) is 35.2. The number of rotatable bonds is 2. The summed E-state index contributed by atoms with van der Waals surface area (Å²) in [4.78, 5) is 4.78. The van der Waals surface area contributed by atoms with E-state index in [2.05, 4.69) is 26.1 Å². The van der Waals surface area contributed by atoms with E-state index in [9.17, 15) is 0 Å². The first-order chi connectivity index (χ1) is 7.65. The van der Waals surface area contributed by atoms with Crippen molar-refractivity contribution < 1.29 is 0 Å². The van der Waals surface area contributed by atoms with Crippen LogP contribution in [0.2, 0.25) is 0 Å². The first-order valence-corrected chi connectivity index (χ1v) is 7.61. The van der Waals surface area contributed by atoms with Crippen molar-refractivity contribution in [3.63, 3.8) is 0 Å². The summed E-state index contributed by atoms with van der Waals surface area (Å²) in [6, 6.07) is 1.22. The van der Waals surface area contributed by atoms with Crippen molar-refractivity contribution in [1.82, 2.24) is 5.32 Å². The van der Waals surface area contributed by atoms with Crippen LogP contribution < -0.4 is 5.32 Å². The predicted molar refractivity (Wildman–Crippen MR) is 73.1 cm³/mol. The van der Waals surface area contributed by atoms with Crippen LogP contribution in [0.15, 0.2) is 4.99 Å². The van der Waals surface area contributed by atoms with Gasteiger partial charge in [0.25, 0.3) is 0 Å². The van der Waals surface area contributed by atoms with Gasteiger partial charge in [0.15, 0.2) is 5.17 Å². The number of nitrogens with zero attached hydrogens (tertiary/aromatic N) is 1. The summed E-state index contributed by atoms with van der Waals surface area (Å²) < 4.78 is 0. The number of aliphatic imine (C=N–C) groups is 1. The molecule has 2 nitrogen and oxygen atoms in total. The van der Waals surface area contributed by atoms with Crippen LogP contribution in [0.4, 0.5) is 0 Å². The van der Waals surface area contributed by atoms with Crippen LogP contribution in [0.1, 0.15) is 46.5 Å². The van der Waals surface area contributed by atoms with E-state index in [0.717, 1.165) is 5.92 Å². The van der Waals surface area contributed by atoms with E-state index in [1.54, 1.807) is 0 Å². The Balaban J connectivity index is 1.83. The molecule has 3 atom stereocenters. The summed E-state index contributed by atoms with van der Waals surface area (Å²) in [6.07, 6.45) is 5.44. The van der Waals surface area contributed by atoms with Gasteiger partial charge in [0.2, 0.25) is 0 Å². The number of hydrogen-bond acceptors (Lipinski definition) is 3. The fourth-order valence-corrected chi connectivity index (χ4v) is 3.80. The smallest absolute Gasteiger partial charge is 0.157 e. The Kier molecular flexibility index (Phi) is 4.17. The van der Waals surface area contributed by atoms with Crippen molar-refractivity contribution in [1.29, 1.82) is 0 Å². The average molecular weight is 240 g/mol. The molecule has 1 fully saturated rings. The van der Waals surface area contributed by atoms with E-state index < -0.39 is 0 Å². The molecule has 0 spiro atoms. The Morgan fingerprint density at radius 2 is 2.19 bits per heavy atom. The van der Waals surface area contributed by atoms with Crippen molar-refractivity contribution in [2.24, 2.45) is 16.8 Å². The number of hydrogen-bond donors (Lipinski definition) is 1. The highest BCUT2D eigenvalue weighted by Crippen LogP contribution is 2.26. The zero-order valence-corrected chi connectivity index (χ0v) is 11.5. The summed E-state index contributed by atoms with van der Waals surface area (Å²) in [5, 5.41) is 4.85. The average Bonchev–Trinajstić information content (AvgIpc) is 2.66. The second kappa shape index (κ2) is 5.44.